The number of methoxy groups -OCH3 is 1. The highest BCUT2D eigenvalue weighted by molar-refractivity contribution is 7.14. The van der Waals surface area contributed by atoms with Gasteiger partial charge in [-0.15, -0.1) is 11.3 Å². The van der Waals surface area contributed by atoms with Crippen molar-refractivity contribution in [2.24, 2.45) is 0 Å². The Labute approximate surface area is 160 Å². The van der Waals surface area contributed by atoms with Gasteiger partial charge in [-0.25, -0.2) is 9.97 Å². The van der Waals surface area contributed by atoms with Gasteiger partial charge in [0.15, 0.2) is 5.13 Å². The Morgan fingerprint density at radius 1 is 1.15 bits per heavy atom. The Hall–Kier alpha value is -3.19. The third-order valence-electron chi connectivity index (χ3n) is 4.28. The molecule has 1 N–H and O–H groups in total. The smallest absolute Gasteiger partial charge is 0.276 e. The zero-order chi connectivity index (χ0) is 19.0. The highest BCUT2D eigenvalue weighted by Gasteiger charge is 2.18. The van der Waals surface area contributed by atoms with E-state index in [1.807, 2.05) is 61.8 Å². The number of carbonyl (C=O) groups is 1. The molecule has 0 fully saturated rings. The van der Waals surface area contributed by atoms with E-state index >= 15 is 0 Å². The number of anilines is 1. The van der Waals surface area contributed by atoms with Crippen molar-refractivity contribution in [3.8, 4) is 17.0 Å². The van der Waals surface area contributed by atoms with Gasteiger partial charge in [0.2, 0.25) is 0 Å². The predicted molar refractivity (Wildman–Crippen MR) is 107 cm³/mol. The molecule has 0 saturated carbocycles. The van der Waals surface area contributed by atoms with Gasteiger partial charge in [-0.05, 0) is 55.8 Å². The van der Waals surface area contributed by atoms with E-state index in [2.05, 4.69) is 15.3 Å². The van der Waals surface area contributed by atoms with Crippen LogP contribution in [0.3, 0.4) is 0 Å². The monoisotopic (exact) mass is 378 g/mol. The van der Waals surface area contributed by atoms with Crippen LogP contribution in [0.5, 0.6) is 5.75 Å². The number of nitrogens with zero attached hydrogens (tertiary/aromatic N) is 3. The highest BCUT2D eigenvalue weighted by Crippen LogP contribution is 2.27. The number of benzene rings is 1. The predicted octanol–water partition coefficient (Wildman–Crippen LogP) is 4.34. The average molecular weight is 378 g/mol. The van der Waals surface area contributed by atoms with Gasteiger partial charge in [0.25, 0.3) is 5.91 Å². The number of amides is 1. The molecule has 27 heavy (non-hydrogen) atoms. The van der Waals surface area contributed by atoms with E-state index in [0.717, 1.165) is 28.2 Å². The van der Waals surface area contributed by atoms with Crippen LogP contribution in [0.15, 0.2) is 48.0 Å². The van der Waals surface area contributed by atoms with Crippen molar-refractivity contribution in [1.29, 1.82) is 0 Å². The Morgan fingerprint density at radius 3 is 2.67 bits per heavy atom. The molecule has 4 aromatic rings. The number of aryl methyl sites for hydroxylation is 2. The molecular weight excluding hydrogens is 360 g/mol. The lowest BCUT2D eigenvalue weighted by molar-refractivity contribution is 0.102. The SMILES string of the molecule is COc1ccc(-c2csc(NC(=O)c3c(C)nc4cc(C)ccn34)n2)cc1. The Balaban J connectivity index is 1.59. The molecule has 1 aromatic carbocycles. The fourth-order valence-corrected chi connectivity index (χ4v) is 3.63. The number of carbonyl (C=O) groups excluding carboxylic acids is 1. The van der Waals surface area contributed by atoms with Crippen molar-refractivity contribution < 1.29 is 9.53 Å². The molecule has 0 aliphatic rings. The number of nitrogens with one attached hydrogen (secondary N) is 1. The average Bonchev–Trinajstić information content (AvgIpc) is 3.24. The van der Waals surface area contributed by atoms with Crippen LogP contribution >= 0.6 is 11.3 Å². The number of ether oxygens (including phenoxy) is 1. The zero-order valence-corrected chi connectivity index (χ0v) is 16.0. The Bertz CT molecular complexity index is 1130. The van der Waals surface area contributed by atoms with Crippen LogP contribution < -0.4 is 10.1 Å². The third kappa shape index (κ3) is 3.29. The van der Waals surface area contributed by atoms with Gasteiger partial charge in [-0.3, -0.25) is 14.5 Å². The van der Waals surface area contributed by atoms with Gasteiger partial charge >= 0.3 is 0 Å². The van der Waals surface area contributed by atoms with E-state index in [9.17, 15) is 4.79 Å². The summed E-state index contributed by atoms with van der Waals surface area (Å²) in [6.45, 7) is 3.84. The summed E-state index contributed by atoms with van der Waals surface area (Å²) < 4.78 is 6.98. The fraction of sp³-hybridized carbons (Fsp3) is 0.150. The third-order valence-corrected chi connectivity index (χ3v) is 5.04. The summed E-state index contributed by atoms with van der Waals surface area (Å²) >= 11 is 1.39. The molecule has 0 atom stereocenters. The van der Waals surface area contributed by atoms with Crippen LogP contribution in [0.4, 0.5) is 5.13 Å². The van der Waals surface area contributed by atoms with Crippen molar-refractivity contribution in [3.63, 3.8) is 0 Å². The summed E-state index contributed by atoms with van der Waals surface area (Å²) in [6, 6.07) is 11.6. The van der Waals surface area contributed by atoms with E-state index in [-0.39, 0.29) is 5.91 Å². The van der Waals surface area contributed by atoms with E-state index < -0.39 is 0 Å². The van der Waals surface area contributed by atoms with E-state index in [4.69, 9.17) is 4.74 Å². The molecule has 136 valence electrons. The summed E-state index contributed by atoms with van der Waals surface area (Å²) in [6.07, 6.45) is 1.87. The molecule has 0 radical (unpaired) electrons. The molecule has 3 aromatic heterocycles. The van der Waals surface area contributed by atoms with Crippen molar-refractivity contribution >= 4 is 28.0 Å². The molecule has 4 rings (SSSR count). The minimum Gasteiger partial charge on any atom is -0.497 e. The second-order valence-electron chi connectivity index (χ2n) is 6.20. The zero-order valence-electron chi connectivity index (χ0n) is 15.2. The van der Waals surface area contributed by atoms with Crippen molar-refractivity contribution in [3.05, 3.63) is 64.9 Å². The topological polar surface area (TPSA) is 68.5 Å². The molecule has 0 bridgehead atoms. The number of imidazole rings is 1. The van der Waals surface area contributed by atoms with Crippen molar-refractivity contribution in [2.45, 2.75) is 13.8 Å². The first kappa shape index (κ1) is 17.2. The van der Waals surface area contributed by atoms with Crippen LogP contribution in [0.1, 0.15) is 21.7 Å². The minimum absolute atomic E-state index is 0.223. The molecule has 3 heterocycles. The first-order valence-electron chi connectivity index (χ1n) is 8.42. The molecule has 0 spiro atoms. The lowest BCUT2D eigenvalue weighted by Crippen LogP contribution is -2.15. The van der Waals surface area contributed by atoms with Gasteiger partial charge in [0, 0.05) is 17.1 Å². The summed E-state index contributed by atoms with van der Waals surface area (Å²) in [5, 5.41) is 5.35. The van der Waals surface area contributed by atoms with Gasteiger partial charge in [-0.2, -0.15) is 0 Å². The van der Waals surface area contributed by atoms with E-state index in [0.29, 0.717) is 16.5 Å². The first-order valence-corrected chi connectivity index (χ1v) is 9.30. The lowest BCUT2D eigenvalue weighted by Gasteiger charge is -2.04. The Morgan fingerprint density at radius 2 is 1.93 bits per heavy atom. The summed E-state index contributed by atoms with van der Waals surface area (Å²) in [5.41, 5.74) is 4.84. The first-order chi connectivity index (χ1) is 13.0. The quantitative estimate of drug-likeness (QED) is 0.574. The van der Waals surface area contributed by atoms with Gasteiger partial charge < -0.3 is 4.74 Å². The number of fused-ring (bicyclic) bond motifs is 1. The number of rotatable bonds is 4. The van der Waals surface area contributed by atoms with Crippen molar-refractivity contribution in [2.75, 3.05) is 12.4 Å². The molecule has 0 unspecified atom stereocenters. The summed E-state index contributed by atoms with van der Waals surface area (Å²) in [5.74, 6) is 0.570. The van der Waals surface area contributed by atoms with Gasteiger partial charge in [0.1, 0.15) is 17.1 Å². The normalized spacial score (nSPS) is 10.9. The van der Waals surface area contributed by atoms with E-state index in [1.54, 1.807) is 11.5 Å². The van der Waals surface area contributed by atoms with Crippen LogP contribution in [0.25, 0.3) is 16.9 Å². The van der Waals surface area contributed by atoms with Crippen LogP contribution in [0, 0.1) is 13.8 Å². The minimum atomic E-state index is -0.223. The fourth-order valence-electron chi connectivity index (χ4n) is 2.92. The number of aromatic nitrogens is 3. The van der Waals surface area contributed by atoms with Gasteiger partial charge in [0.05, 0.1) is 18.5 Å². The van der Waals surface area contributed by atoms with Crippen LogP contribution in [-0.2, 0) is 0 Å². The second kappa shape index (κ2) is 6.85. The Kier molecular flexibility index (Phi) is 4.37. The number of hydrogen-bond acceptors (Lipinski definition) is 5. The highest BCUT2D eigenvalue weighted by atomic mass is 32.1. The van der Waals surface area contributed by atoms with Crippen molar-refractivity contribution in [1.82, 2.24) is 14.4 Å². The summed E-state index contributed by atoms with van der Waals surface area (Å²) in [7, 11) is 1.63. The van der Waals surface area contributed by atoms with Gasteiger partial charge in [-0.1, -0.05) is 0 Å². The molecule has 7 heteroatoms. The van der Waals surface area contributed by atoms with Crippen LogP contribution in [0.2, 0.25) is 0 Å². The largest absolute Gasteiger partial charge is 0.497 e. The molecule has 1 amide bonds. The number of thiazole rings is 1. The maximum Gasteiger partial charge on any atom is 0.276 e. The molecule has 0 aliphatic heterocycles. The maximum atomic E-state index is 12.8. The van der Waals surface area contributed by atoms with E-state index in [1.165, 1.54) is 11.3 Å². The number of pyridine rings is 1. The molecule has 0 aliphatic carbocycles. The molecule has 6 nitrogen and oxygen atoms in total. The number of hydrogen-bond donors (Lipinski definition) is 1. The lowest BCUT2D eigenvalue weighted by atomic mass is 10.2. The second-order valence-corrected chi connectivity index (χ2v) is 7.06. The standard InChI is InChI=1S/C20H18N4O2S/c1-12-8-9-24-17(10-12)21-13(2)18(24)19(25)23-20-22-16(11-27-20)14-4-6-15(26-3)7-5-14/h4-11H,1-3H3,(H,22,23,25). The molecular formula is C20H18N4O2S. The molecule has 0 saturated heterocycles. The van der Waals surface area contributed by atoms with Crippen LogP contribution in [-0.4, -0.2) is 27.4 Å². The summed E-state index contributed by atoms with van der Waals surface area (Å²) in [4.78, 5) is 21.8. The maximum absolute atomic E-state index is 12.8.